The highest BCUT2D eigenvalue weighted by Gasteiger charge is 2.05. The normalized spacial score (nSPS) is 10.0. The molecule has 0 fully saturated rings. The van der Waals surface area contributed by atoms with E-state index in [2.05, 4.69) is 0 Å². The van der Waals surface area contributed by atoms with Crippen LogP contribution in [0.15, 0.2) is 48.5 Å². The zero-order chi connectivity index (χ0) is 13.0. The first-order chi connectivity index (χ1) is 8.66. The zero-order valence-electron chi connectivity index (χ0n) is 9.76. The number of hydrogen-bond donors (Lipinski definition) is 3. The molecule has 0 heterocycles. The summed E-state index contributed by atoms with van der Waals surface area (Å²) in [5.41, 5.74) is 6.67. The molecule has 2 aromatic carbocycles. The number of phenols is 1. The topological polar surface area (TPSA) is 79.3 Å². The molecule has 0 amide bonds. The van der Waals surface area contributed by atoms with E-state index in [9.17, 15) is 5.11 Å². The summed E-state index contributed by atoms with van der Waals surface area (Å²) in [6, 6.07) is 14.5. The number of nitrogen functional groups attached to an aromatic ring is 1. The SMILES string of the molecule is N=C(N)c1ccc(OCc2ccccc2)cc1O. The van der Waals surface area contributed by atoms with Crippen LogP contribution in [-0.4, -0.2) is 10.9 Å². The zero-order valence-corrected chi connectivity index (χ0v) is 9.76. The first-order valence-electron chi connectivity index (χ1n) is 5.51. The number of nitrogens with one attached hydrogen (secondary N) is 1. The van der Waals surface area contributed by atoms with E-state index < -0.39 is 0 Å². The van der Waals surface area contributed by atoms with Gasteiger partial charge in [-0.15, -0.1) is 0 Å². The second-order valence-electron chi connectivity index (χ2n) is 3.87. The van der Waals surface area contributed by atoms with Crippen molar-refractivity contribution < 1.29 is 9.84 Å². The summed E-state index contributed by atoms with van der Waals surface area (Å²) in [6.07, 6.45) is 0. The van der Waals surface area contributed by atoms with Crippen molar-refractivity contribution in [3.63, 3.8) is 0 Å². The summed E-state index contributed by atoms with van der Waals surface area (Å²) in [7, 11) is 0. The summed E-state index contributed by atoms with van der Waals surface area (Å²) in [5.74, 6) is 0.330. The van der Waals surface area contributed by atoms with E-state index in [4.69, 9.17) is 15.9 Å². The van der Waals surface area contributed by atoms with Crippen molar-refractivity contribution in [3.05, 3.63) is 59.7 Å². The second-order valence-corrected chi connectivity index (χ2v) is 3.87. The molecule has 0 aliphatic heterocycles. The number of amidine groups is 1. The lowest BCUT2D eigenvalue weighted by Crippen LogP contribution is -2.11. The van der Waals surface area contributed by atoms with Crippen LogP contribution in [0, 0.1) is 5.41 Å². The van der Waals surface area contributed by atoms with E-state index in [1.54, 1.807) is 12.1 Å². The monoisotopic (exact) mass is 242 g/mol. The molecule has 0 bridgehead atoms. The summed E-state index contributed by atoms with van der Waals surface area (Å²) in [6.45, 7) is 0.430. The number of benzene rings is 2. The third-order valence-electron chi connectivity index (χ3n) is 2.51. The fourth-order valence-electron chi connectivity index (χ4n) is 1.57. The molecule has 0 spiro atoms. The highest BCUT2D eigenvalue weighted by atomic mass is 16.5. The van der Waals surface area contributed by atoms with Crippen molar-refractivity contribution >= 4 is 5.84 Å². The standard InChI is InChI=1S/C14H14N2O2/c15-14(16)12-7-6-11(8-13(12)17)18-9-10-4-2-1-3-5-10/h1-8,17H,9H2,(H3,15,16). The van der Waals surface area contributed by atoms with Crippen LogP contribution in [0.2, 0.25) is 0 Å². The predicted octanol–water partition coefficient (Wildman–Crippen LogP) is 2.26. The Morgan fingerprint density at radius 3 is 2.50 bits per heavy atom. The number of hydrogen-bond acceptors (Lipinski definition) is 3. The van der Waals surface area contributed by atoms with Gasteiger partial charge >= 0.3 is 0 Å². The van der Waals surface area contributed by atoms with Crippen LogP contribution in [0.4, 0.5) is 0 Å². The van der Waals surface area contributed by atoms with Gasteiger partial charge in [-0.3, -0.25) is 5.41 Å². The third-order valence-corrected chi connectivity index (χ3v) is 2.51. The Hall–Kier alpha value is -2.49. The summed E-state index contributed by atoms with van der Waals surface area (Å²) in [5, 5.41) is 16.9. The van der Waals surface area contributed by atoms with E-state index in [0.29, 0.717) is 17.9 Å². The molecule has 0 radical (unpaired) electrons. The fourth-order valence-corrected chi connectivity index (χ4v) is 1.57. The van der Waals surface area contributed by atoms with Gasteiger partial charge in [0.2, 0.25) is 0 Å². The second kappa shape index (κ2) is 5.23. The molecule has 4 N–H and O–H groups in total. The van der Waals surface area contributed by atoms with Crippen LogP contribution in [0.3, 0.4) is 0 Å². The van der Waals surface area contributed by atoms with E-state index >= 15 is 0 Å². The Morgan fingerprint density at radius 1 is 1.17 bits per heavy atom. The van der Waals surface area contributed by atoms with Gasteiger partial charge in [0.25, 0.3) is 0 Å². The van der Waals surface area contributed by atoms with E-state index in [1.807, 2.05) is 30.3 Å². The maximum Gasteiger partial charge on any atom is 0.130 e. The van der Waals surface area contributed by atoms with Crippen molar-refractivity contribution in [1.82, 2.24) is 0 Å². The van der Waals surface area contributed by atoms with Gasteiger partial charge in [-0.1, -0.05) is 30.3 Å². The highest BCUT2D eigenvalue weighted by molar-refractivity contribution is 5.97. The Morgan fingerprint density at radius 2 is 1.89 bits per heavy atom. The van der Waals surface area contributed by atoms with Crippen molar-refractivity contribution in [3.8, 4) is 11.5 Å². The lowest BCUT2D eigenvalue weighted by molar-refractivity contribution is 0.304. The molecule has 0 aromatic heterocycles. The molecular weight excluding hydrogens is 228 g/mol. The minimum Gasteiger partial charge on any atom is -0.507 e. The van der Waals surface area contributed by atoms with E-state index in [1.165, 1.54) is 6.07 Å². The minimum absolute atomic E-state index is 0.0481. The van der Waals surface area contributed by atoms with Gasteiger partial charge in [-0.25, -0.2) is 0 Å². The molecule has 92 valence electrons. The summed E-state index contributed by atoms with van der Waals surface area (Å²) in [4.78, 5) is 0. The van der Waals surface area contributed by atoms with Crippen molar-refractivity contribution in [2.45, 2.75) is 6.61 Å². The Balaban J connectivity index is 2.07. The number of nitrogens with two attached hydrogens (primary N) is 1. The average Bonchev–Trinajstić information content (AvgIpc) is 2.37. The molecule has 0 unspecified atom stereocenters. The molecule has 4 nitrogen and oxygen atoms in total. The average molecular weight is 242 g/mol. The molecule has 0 saturated carbocycles. The highest BCUT2D eigenvalue weighted by Crippen LogP contribution is 2.23. The first-order valence-corrected chi connectivity index (χ1v) is 5.51. The van der Waals surface area contributed by atoms with Gasteiger partial charge in [0.15, 0.2) is 0 Å². The molecule has 0 aliphatic rings. The smallest absolute Gasteiger partial charge is 0.130 e. The number of ether oxygens (including phenoxy) is 1. The van der Waals surface area contributed by atoms with Crippen LogP contribution < -0.4 is 10.5 Å². The lowest BCUT2D eigenvalue weighted by Gasteiger charge is -2.08. The minimum atomic E-state index is -0.165. The molecule has 0 aliphatic carbocycles. The van der Waals surface area contributed by atoms with Gasteiger partial charge in [0.05, 0.1) is 5.56 Å². The molecule has 4 heteroatoms. The maximum absolute atomic E-state index is 9.66. The van der Waals surface area contributed by atoms with Gasteiger partial charge in [0, 0.05) is 6.07 Å². The molecule has 2 rings (SSSR count). The molecule has 0 atom stereocenters. The maximum atomic E-state index is 9.66. The van der Waals surface area contributed by atoms with Crippen molar-refractivity contribution in [1.29, 1.82) is 5.41 Å². The van der Waals surface area contributed by atoms with Gasteiger partial charge in [-0.05, 0) is 17.7 Å². The predicted molar refractivity (Wildman–Crippen MR) is 69.9 cm³/mol. The largest absolute Gasteiger partial charge is 0.507 e. The van der Waals surface area contributed by atoms with Crippen LogP contribution >= 0.6 is 0 Å². The molecule has 2 aromatic rings. The van der Waals surface area contributed by atoms with Crippen molar-refractivity contribution in [2.24, 2.45) is 5.73 Å². The molecule has 18 heavy (non-hydrogen) atoms. The Labute approximate surface area is 105 Å². The van der Waals surface area contributed by atoms with Gasteiger partial charge < -0.3 is 15.6 Å². The summed E-state index contributed by atoms with van der Waals surface area (Å²) < 4.78 is 5.54. The van der Waals surface area contributed by atoms with E-state index in [0.717, 1.165) is 5.56 Å². The first kappa shape index (κ1) is 12.0. The van der Waals surface area contributed by atoms with E-state index in [-0.39, 0.29) is 11.6 Å². The van der Waals surface area contributed by atoms with Gasteiger partial charge in [-0.2, -0.15) is 0 Å². The molecule has 0 saturated heterocycles. The Bertz CT molecular complexity index is 553. The van der Waals surface area contributed by atoms with Crippen LogP contribution in [0.5, 0.6) is 11.5 Å². The number of aromatic hydroxyl groups is 1. The Kier molecular flexibility index (Phi) is 3.48. The number of phenolic OH excluding ortho intramolecular Hbond substituents is 1. The number of rotatable bonds is 4. The third kappa shape index (κ3) is 2.79. The molecular formula is C14H14N2O2. The fraction of sp³-hybridized carbons (Fsp3) is 0.0714. The summed E-state index contributed by atoms with van der Waals surface area (Å²) >= 11 is 0. The quantitative estimate of drug-likeness (QED) is 0.568. The van der Waals surface area contributed by atoms with Crippen LogP contribution in [0.1, 0.15) is 11.1 Å². The van der Waals surface area contributed by atoms with Gasteiger partial charge in [0.1, 0.15) is 23.9 Å². The van der Waals surface area contributed by atoms with Crippen LogP contribution in [0.25, 0.3) is 0 Å². The van der Waals surface area contributed by atoms with Crippen LogP contribution in [-0.2, 0) is 6.61 Å². The van der Waals surface area contributed by atoms with Crippen molar-refractivity contribution in [2.75, 3.05) is 0 Å². The lowest BCUT2D eigenvalue weighted by atomic mass is 10.2.